The molecule has 0 saturated heterocycles. The molecule has 0 aliphatic heterocycles. The lowest BCUT2D eigenvalue weighted by atomic mass is 9.94. The predicted octanol–water partition coefficient (Wildman–Crippen LogP) is 3.26. The number of nitrogens with zero attached hydrogens (tertiary/aromatic N) is 2. The van der Waals surface area contributed by atoms with Gasteiger partial charge in [-0.3, -0.25) is 4.79 Å². The molecule has 3 rings (SSSR count). The maximum atomic E-state index is 14.7. The van der Waals surface area contributed by atoms with Crippen molar-refractivity contribution in [2.24, 2.45) is 5.73 Å². The lowest BCUT2D eigenvalue weighted by molar-refractivity contribution is 0.102. The Morgan fingerprint density at radius 2 is 1.83 bits per heavy atom. The van der Waals surface area contributed by atoms with E-state index in [0.29, 0.717) is 5.75 Å². The van der Waals surface area contributed by atoms with Crippen LogP contribution in [0.1, 0.15) is 28.5 Å². The molecule has 0 aliphatic rings. The number of anilines is 1. The highest BCUT2D eigenvalue weighted by molar-refractivity contribution is 7.89. The van der Waals surface area contributed by atoms with E-state index >= 15 is 0 Å². The van der Waals surface area contributed by atoms with Crippen LogP contribution < -0.4 is 15.8 Å². The number of hydrogen-bond donors (Lipinski definition) is 2. The van der Waals surface area contributed by atoms with Crippen molar-refractivity contribution in [1.82, 2.24) is 9.29 Å². The fourth-order valence-electron chi connectivity index (χ4n) is 3.40. The molecule has 0 spiro atoms. The zero-order valence-corrected chi connectivity index (χ0v) is 20.3. The van der Waals surface area contributed by atoms with E-state index in [1.54, 1.807) is 24.3 Å². The molecule has 0 fully saturated rings. The van der Waals surface area contributed by atoms with Gasteiger partial charge in [-0.15, -0.1) is 0 Å². The van der Waals surface area contributed by atoms with Crippen molar-refractivity contribution in [3.63, 3.8) is 0 Å². The zero-order valence-electron chi connectivity index (χ0n) is 19.5. The summed E-state index contributed by atoms with van der Waals surface area (Å²) >= 11 is 0. The molecule has 0 aliphatic carbocycles. The summed E-state index contributed by atoms with van der Waals surface area (Å²) < 4.78 is 60.0. The third kappa shape index (κ3) is 6.59. The quantitative estimate of drug-likeness (QED) is 0.462. The van der Waals surface area contributed by atoms with Gasteiger partial charge < -0.3 is 15.8 Å². The van der Waals surface area contributed by atoms with E-state index < -0.39 is 38.9 Å². The van der Waals surface area contributed by atoms with Crippen LogP contribution in [0.25, 0.3) is 0 Å². The fourth-order valence-corrected chi connectivity index (χ4v) is 4.88. The smallest absolute Gasteiger partial charge is 0.274 e. The monoisotopic (exact) mass is 504 g/mol. The number of rotatable bonds is 9. The molecule has 11 heteroatoms. The molecule has 8 nitrogen and oxygen atoms in total. The van der Waals surface area contributed by atoms with Crippen LogP contribution in [0.4, 0.5) is 14.5 Å². The standard InChI is InChI=1S/C24H26F2N4O4S/c1-24(27,15-35(32,33)30(2)14-16-4-8-19(34-3)9-5-16)20-12-18(7-10-21(20)26)29-23(31)22-11-6-17(25)13-28-22/h4-13H,14-15,27H2,1-3H3,(H,29,31). The molecule has 186 valence electrons. The second-order valence-electron chi connectivity index (χ2n) is 8.29. The van der Waals surface area contributed by atoms with E-state index in [1.807, 2.05) is 0 Å². The summed E-state index contributed by atoms with van der Waals surface area (Å²) in [5, 5.41) is 2.53. The summed E-state index contributed by atoms with van der Waals surface area (Å²) in [5.41, 5.74) is 5.45. The number of halogens is 2. The van der Waals surface area contributed by atoms with Gasteiger partial charge in [0.15, 0.2) is 0 Å². The van der Waals surface area contributed by atoms with Crippen molar-refractivity contribution in [3.8, 4) is 5.75 Å². The largest absolute Gasteiger partial charge is 0.497 e. The third-order valence-corrected chi connectivity index (χ3v) is 7.36. The minimum absolute atomic E-state index is 0.0458. The third-order valence-electron chi connectivity index (χ3n) is 5.32. The summed E-state index contributed by atoms with van der Waals surface area (Å²) in [6.07, 6.45) is 0.898. The second kappa shape index (κ2) is 10.5. The van der Waals surface area contributed by atoms with Crippen LogP contribution in [0.3, 0.4) is 0 Å². The minimum Gasteiger partial charge on any atom is -0.497 e. The number of amides is 1. The molecule has 1 unspecified atom stereocenters. The summed E-state index contributed by atoms with van der Waals surface area (Å²) in [5.74, 6) is -1.90. The molecule has 3 aromatic rings. The van der Waals surface area contributed by atoms with Crippen LogP contribution in [0.2, 0.25) is 0 Å². The van der Waals surface area contributed by atoms with Crippen molar-refractivity contribution in [1.29, 1.82) is 0 Å². The molecule has 0 radical (unpaired) electrons. The summed E-state index contributed by atoms with van der Waals surface area (Å²) in [6, 6.07) is 12.9. The van der Waals surface area contributed by atoms with E-state index in [0.717, 1.165) is 28.2 Å². The maximum Gasteiger partial charge on any atom is 0.274 e. The Morgan fingerprint density at radius 3 is 2.43 bits per heavy atom. The summed E-state index contributed by atoms with van der Waals surface area (Å²) in [7, 11) is -0.953. The molecule has 3 N–H and O–H groups in total. The van der Waals surface area contributed by atoms with Crippen molar-refractivity contribution in [2.45, 2.75) is 19.0 Å². The highest BCUT2D eigenvalue weighted by Gasteiger charge is 2.33. The number of methoxy groups -OCH3 is 1. The number of pyridine rings is 1. The van der Waals surface area contributed by atoms with Crippen molar-refractivity contribution >= 4 is 21.6 Å². The number of nitrogens with one attached hydrogen (secondary N) is 1. The Labute approximate surface area is 202 Å². The Hall–Kier alpha value is -3.41. The van der Waals surface area contributed by atoms with Gasteiger partial charge in [0.25, 0.3) is 5.91 Å². The van der Waals surface area contributed by atoms with Crippen molar-refractivity contribution < 1.29 is 26.7 Å². The van der Waals surface area contributed by atoms with Crippen molar-refractivity contribution in [3.05, 3.63) is 89.2 Å². The Morgan fingerprint density at radius 1 is 1.14 bits per heavy atom. The molecule has 0 saturated carbocycles. The normalized spacial score (nSPS) is 13.3. The minimum atomic E-state index is -3.90. The lowest BCUT2D eigenvalue weighted by Gasteiger charge is -2.28. The second-order valence-corrected chi connectivity index (χ2v) is 10.4. The van der Waals surface area contributed by atoms with Gasteiger partial charge in [0.05, 0.1) is 24.6 Å². The number of nitrogens with two attached hydrogens (primary N) is 1. The first-order valence-electron chi connectivity index (χ1n) is 10.5. The maximum absolute atomic E-state index is 14.7. The average molecular weight is 505 g/mol. The Balaban J connectivity index is 1.77. The molecule has 35 heavy (non-hydrogen) atoms. The van der Waals surface area contributed by atoms with Gasteiger partial charge in [0, 0.05) is 24.8 Å². The number of ether oxygens (including phenoxy) is 1. The summed E-state index contributed by atoms with van der Waals surface area (Å²) in [6.45, 7) is 1.49. The van der Waals surface area contributed by atoms with Crippen LogP contribution in [0, 0.1) is 11.6 Å². The number of carbonyl (C=O) groups is 1. The first kappa shape index (κ1) is 26.2. The number of aromatic nitrogens is 1. The highest BCUT2D eigenvalue weighted by Crippen LogP contribution is 2.27. The van der Waals surface area contributed by atoms with E-state index in [-0.39, 0.29) is 23.5 Å². The molecule has 1 aromatic heterocycles. The van der Waals surface area contributed by atoms with Gasteiger partial charge in [-0.1, -0.05) is 12.1 Å². The van der Waals surface area contributed by atoms with Gasteiger partial charge in [0.2, 0.25) is 10.0 Å². The van der Waals surface area contributed by atoms with E-state index in [4.69, 9.17) is 10.5 Å². The number of benzene rings is 2. The topological polar surface area (TPSA) is 115 Å². The first-order chi connectivity index (χ1) is 16.4. The van der Waals surface area contributed by atoms with Gasteiger partial charge in [0.1, 0.15) is 23.1 Å². The molecule has 1 amide bonds. The zero-order chi connectivity index (χ0) is 25.8. The van der Waals surface area contributed by atoms with Crippen LogP contribution in [0.5, 0.6) is 5.75 Å². The van der Waals surface area contributed by atoms with Gasteiger partial charge in [-0.2, -0.15) is 0 Å². The Bertz CT molecular complexity index is 1300. The molecular formula is C24H26F2N4O4S. The molecule has 2 aromatic carbocycles. The number of sulfonamides is 1. The van der Waals surface area contributed by atoms with Crippen molar-refractivity contribution in [2.75, 3.05) is 25.2 Å². The molecular weight excluding hydrogens is 478 g/mol. The number of hydrogen-bond acceptors (Lipinski definition) is 6. The van der Waals surface area contributed by atoms with Crippen LogP contribution in [-0.4, -0.2) is 43.5 Å². The van der Waals surface area contributed by atoms with Crippen LogP contribution in [-0.2, 0) is 22.1 Å². The fraction of sp³-hybridized carbons (Fsp3) is 0.250. The van der Waals surface area contributed by atoms with Gasteiger partial charge in [-0.05, 0) is 55.0 Å². The van der Waals surface area contributed by atoms with Gasteiger partial charge in [-0.25, -0.2) is 26.5 Å². The molecule has 0 bridgehead atoms. The average Bonchev–Trinajstić information content (AvgIpc) is 2.80. The SMILES string of the molecule is COc1ccc(CN(C)S(=O)(=O)CC(C)(N)c2cc(NC(=O)c3ccc(F)cn3)ccc2F)cc1. The Kier molecular flexibility index (Phi) is 7.83. The summed E-state index contributed by atoms with van der Waals surface area (Å²) in [4.78, 5) is 16.1. The number of carbonyl (C=O) groups excluding carboxylic acids is 1. The first-order valence-corrected chi connectivity index (χ1v) is 12.1. The molecule has 1 atom stereocenters. The lowest BCUT2D eigenvalue weighted by Crippen LogP contribution is -2.45. The van der Waals surface area contributed by atoms with E-state index in [9.17, 15) is 22.0 Å². The van der Waals surface area contributed by atoms with Gasteiger partial charge >= 0.3 is 0 Å². The van der Waals surface area contributed by atoms with Crippen LogP contribution in [0.15, 0.2) is 60.8 Å². The van der Waals surface area contributed by atoms with E-state index in [1.165, 1.54) is 39.3 Å². The predicted molar refractivity (Wildman–Crippen MR) is 128 cm³/mol. The van der Waals surface area contributed by atoms with Crippen LogP contribution >= 0.6 is 0 Å². The molecule has 1 heterocycles. The van der Waals surface area contributed by atoms with E-state index in [2.05, 4.69) is 10.3 Å². The highest BCUT2D eigenvalue weighted by atomic mass is 32.2.